The first-order valence-electron chi connectivity index (χ1n) is 26.6. The molecule has 4 N–H and O–H groups in total. The molecule has 2 aliphatic carbocycles. The van der Waals surface area contributed by atoms with Gasteiger partial charge in [0.2, 0.25) is 0 Å². The van der Waals surface area contributed by atoms with Crippen molar-refractivity contribution in [2.75, 3.05) is 63.7 Å². The van der Waals surface area contributed by atoms with Crippen LogP contribution in [0.25, 0.3) is 11.0 Å². The Morgan fingerprint density at radius 1 is 0.908 bits per heavy atom. The van der Waals surface area contributed by atoms with Crippen LogP contribution in [0.4, 0.5) is 17.1 Å². The van der Waals surface area contributed by atoms with Crippen LogP contribution in [0.15, 0.2) is 108 Å². The van der Waals surface area contributed by atoms with Gasteiger partial charge in [0, 0.05) is 98.9 Å². The number of nitro groups is 1. The number of nitro benzene ring substituents is 1. The molecule has 0 unspecified atom stereocenters. The van der Waals surface area contributed by atoms with E-state index in [0.717, 1.165) is 112 Å². The van der Waals surface area contributed by atoms with Crippen LogP contribution < -0.4 is 29.1 Å². The van der Waals surface area contributed by atoms with Crippen molar-refractivity contribution in [1.29, 1.82) is 0 Å². The minimum Gasteiger partial charge on any atom is -0.497 e. The topological polar surface area (TPSA) is 205 Å². The van der Waals surface area contributed by atoms with Crippen molar-refractivity contribution in [2.45, 2.75) is 107 Å². The van der Waals surface area contributed by atoms with Crippen LogP contribution in [-0.4, -0.2) is 109 Å². The van der Waals surface area contributed by atoms with Gasteiger partial charge in [0.1, 0.15) is 34.3 Å². The predicted octanol–water partition coefficient (Wildman–Crippen LogP) is 10.2. The van der Waals surface area contributed by atoms with Crippen molar-refractivity contribution in [3.63, 3.8) is 0 Å². The van der Waals surface area contributed by atoms with E-state index in [9.17, 15) is 28.4 Å². The molecule has 1 amide bonds. The number of nitrogens with zero attached hydrogens (tertiary/aromatic N) is 5. The lowest BCUT2D eigenvalue weighted by Gasteiger charge is -2.58. The van der Waals surface area contributed by atoms with E-state index in [1.165, 1.54) is 29.5 Å². The van der Waals surface area contributed by atoms with Gasteiger partial charge < -0.3 is 34.5 Å². The van der Waals surface area contributed by atoms with E-state index in [2.05, 4.69) is 78.9 Å². The molecule has 10 rings (SSSR count). The molecule has 2 saturated heterocycles. The van der Waals surface area contributed by atoms with Crippen LogP contribution in [-0.2, 0) is 16.6 Å². The van der Waals surface area contributed by atoms with Crippen molar-refractivity contribution in [3.05, 3.63) is 136 Å². The number of H-pyrrole nitrogens is 1. The van der Waals surface area contributed by atoms with Crippen LogP contribution in [0.2, 0.25) is 0 Å². The van der Waals surface area contributed by atoms with Crippen molar-refractivity contribution < 1.29 is 37.5 Å². The van der Waals surface area contributed by atoms with Crippen molar-refractivity contribution in [1.82, 2.24) is 24.5 Å². The summed E-state index contributed by atoms with van der Waals surface area (Å²) in [5, 5.41) is 26.5. The standard InChI is InChI=1S/C58H70N8O9S/c1-38(2)47-8-6-7-9-48(47)52-37-63(36-41-10-12-44(73-4)30-53(41)74-5)26-27-65(52)43-32-58(33-43)21-24-64(25-22-58)42-11-14-49(54(29-42)75-45-28-40-18-23-59-55(40)61-35-45)56(67)62-76(71,72)46-13-15-50(51(31-46)66(69)70)60-34-39-16-19-57(3,68)20-17-39/h6-15,18,23,28-31,35,38-39,43,52,60,68H,16-17,19-22,24-27,32-34,36-37H2,1-5H3,(H,59,61)(H,62,67)/t39-,52-,57-/m0/s1. The molecule has 1 atom stereocenters. The van der Waals surface area contributed by atoms with Gasteiger partial charge in [-0.1, -0.05) is 44.2 Å². The number of carbonyl (C=O) groups excluding carboxylic acids is 1. The van der Waals surface area contributed by atoms with Crippen LogP contribution in [0, 0.1) is 21.4 Å². The summed E-state index contributed by atoms with van der Waals surface area (Å²) in [5.74, 6) is 1.74. The van der Waals surface area contributed by atoms with Gasteiger partial charge in [-0.15, -0.1) is 0 Å². The number of amides is 1. The summed E-state index contributed by atoms with van der Waals surface area (Å²) in [5.41, 5.74) is 4.64. The second-order valence-corrected chi connectivity index (χ2v) is 23.7. The molecule has 4 aliphatic rings. The number of piperazine rings is 1. The van der Waals surface area contributed by atoms with Gasteiger partial charge in [-0.25, -0.2) is 18.1 Å². The normalized spacial score (nSPS) is 21.3. The number of fused-ring (bicyclic) bond motifs is 1. The van der Waals surface area contributed by atoms with E-state index >= 15 is 0 Å². The molecule has 2 saturated carbocycles. The van der Waals surface area contributed by atoms with Gasteiger partial charge in [0.15, 0.2) is 0 Å². The maximum Gasteiger partial charge on any atom is 0.293 e. The predicted molar refractivity (Wildman–Crippen MR) is 293 cm³/mol. The Morgan fingerprint density at radius 3 is 2.42 bits per heavy atom. The number of aromatic nitrogens is 2. The summed E-state index contributed by atoms with van der Waals surface area (Å²) in [6.07, 6.45) is 10.3. The number of piperidine rings is 1. The summed E-state index contributed by atoms with van der Waals surface area (Å²) in [6, 6.07) is 28.1. The number of hydrogen-bond donors (Lipinski definition) is 4. The number of sulfonamides is 1. The Hall–Kier alpha value is -6.73. The highest BCUT2D eigenvalue weighted by atomic mass is 32.2. The summed E-state index contributed by atoms with van der Waals surface area (Å²) >= 11 is 0. The summed E-state index contributed by atoms with van der Waals surface area (Å²) < 4.78 is 47.6. The third kappa shape index (κ3) is 11.4. The number of benzene rings is 4. The highest BCUT2D eigenvalue weighted by Crippen LogP contribution is 2.53. The first kappa shape index (κ1) is 52.7. The largest absolute Gasteiger partial charge is 0.497 e. The lowest BCUT2D eigenvalue weighted by molar-refractivity contribution is -0.384. The fraction of sp³-hybridized carbons (Fsp3) is 0.448. The van der Waals surface area contributed by atoms with E-state index in [0.29, 0.717) is 42.7 Å². The van der Waals surface area contributed by atoms with Crippen LogP contribution in [0.5, 0.6) is 23.0 Å². The smallest absolute Gasteiger partial charge is 0.293 e. The minimum atomic E-state index is -4.60. The maximum atomic E-state index is 14.1. The van der Waals surface area contributed by atoms with Crippen molar-refractivity contribution in [3.8, 4) is 23.0 Å². The first-order valence-corrected chi connectivity index (χ1v) is 28.1. The molecule has 1 spiro atoms. The minimum absolute atomic E-state index is 0.0344. The van der Waals surface area contributed by atoms with E-state index < -0.39 is 37.0 Å². The molecule has 76 heavy (non-hydrogen) atoms. The third-order valence-electron chi connectivity index (χ3n) is 16.6. The Morgan fingerprint density at radius 2 is 1.68 bits per heavy atom. The second-order valence-electron chi connectivity index (χ2n) is 22.1. The summed E-state index contributed by atoms with van der Waals surface area (Å²) in [4.78, 5) is 40.5. The van der Waals surface area contributed by atoms with Crippen molar-refractivity contribution in [2.24, 2.45) is 11.3 Å². The Bertz CT molecular complexity index is 3190. The number of nitrogens with one attached hydrogen (secondary N) is 3. The molecule has 4 fully saturated rings. The van der Waals surface area contributed by atoms with Gasteiger partial charge in [0.25, 0.3) is 21.6 Å². The van der Waals surface area contributed by atoms with Gasteiger partial charge in [-0.3, -0.25) is 24.7 Å². The molecular weight excluding hydrogens is 985 g/mol. The monoisotopic (exact) mass is 1050 g/mol. The van der Waals surface area contributed by atoms with Crippen LogP contribution in [0.3, 0.4) is 0 Å². The Balaban J connectivity index is 0.832. The molecule has 0 radical (unpaired) electrons. The number of ether oxygens (including phenoxy) is 3. The lowest BCUT2D eigenvalue weighted by atomic mass is 9.59. The molecule has 0 bridgehead atoms. The highest BCUT2D eigenvalue weighted by molar-refractivity contribution is 7.90. The second kappa shape index (κ2) is 21.7. The van der Waals surface area contributed by atoms with E-state index in [1.54, 1.807) is 38.6 Å². The quantitative estimate of drug-likeness (QED) is 0.0496. The molecule has 4 aromatic carbocycles. The maximum absolute atomic E-state index is 14.1. The zero-order chi connectivity index (χ0) is 53.4. The number of rotatable bonds is 17. The fourth-order valence-electron chi connectivity index (χ4n) is 12.2. The average Bonchev–Trinajstić information content (AvgIpc) is 3.90. The highest BCUT2D eigenvalue weighted by Gasteiger charge is 2.50. The van der Waals surface area contributed by atoms with Gasteiger partial charge >= 0.3 is 0 Å². The van der Waals surface area contributed by atoms with Crippen LogP contribution in [0.1, 0.15) is 111 Å². The molecule has 402 valence electrons. The zero-order valence-electron chi connectivity index (χ0n) is 44.1. The molecule has 18 heteroatoms. The molecule has 17 nitrogen and oxygen atoms in total. The zero-order valence-corrected chi connectivity index (χ0v) is 44.9. The number of anilines is 2. The number of pyridine rings is 1. The number of carbonyl (C=O) groups is 1. The van der Waals surface area contributed by atoms with Crippen LogP contribution >= 0.6 is 0 Å². The number of methoxy groups -OCH3 is 2. The average molecular weight is 1060 g/mol. The van der Waals surface area contributed by atoms with E-state index in [-0.39, 0.29) is 34.4 Å². The lowest BCUT2D eigenvalue weighted by Crippen LogP contribution is -2.60. The molecule has 6 aromatic rings. The molecule has 4 heterocycles. The third-order valence-corrected chi connectivity index (χ3v) is 18.0. The molecule has 2 aromatic heterocycles. The Kier molecular flexibility index (Phi) is 15.1. The number of hydrogen-bond acceptors (Lipinski definition) is 14. The first-order chi connectivity index (χ1) is 36.5. The van der Waals surface area contributed by atoms with E-state index in [1.807, 2.05) is 31.2 Å². The number of aromatic amines is 1. The number of aliphatic hydroxyl groups is 1. The summed E-state index contributed by atoms with van der Waals surface area (Å²) in [7, 11) is -1.21. The Labute approximate surface area is 445 Å². The fourth-order valence-corrected chi connectivity index (χ4v) is 13.1. The van der Waals surface area contributed by atoms with Gasteiger partial charge in [0.05, 0.1) is 41.4 Å². The van der Waals surface area contributed by atoms with Gasteiger partial charge in [-0.2, -0.15) is 0 Å². The molecule has 2 aliphatic heterocycles. The van der Waals surface area contributed by atoms with E-state index in [4.69, 9.17) is 14.2 Å². The van der Waals surface area contributed by atoms with Gasteiger partial charge in [-0.05, 0) is 129 Å². The summed E-state index contributed by atoms with van der Waals surface area (Å²) in [6.45, 7) is 12.0. The SMILES string of the molecule is COc1ccc(CN2CCN(C3CC4(CCN(c5ccc(C(=O)NS(=O)(=O)c6ccc(NC[C@H]7CC[C@](C)(O)CC7)c([N+](=O)[O-])c6)c(Oc6cnc7[nH]ccc7c6)c5)CC4)C3)[C@H](c3ccccc3C(C)C)C2)c(OC)c1. The van der Waals surface area contributed by atoms with Crippen molar-refractivity contribution >= 4 is 44.0 Å². The molecular formula is C58H70N8O9S.